The molecular weight excluding hydrogens is 283 g/mol. The van der Waals surface area contributed by atoms with Crippen LogP contribution in [0.3, 0.4) is 0 Å². The summed E-state index contributed by atoms with van der Waals surface area (Å²) in [5, 5.41) is 7.26. The summed E-state index contributed by atoms with van der Waals surface area (Å²) in [6.07, 6.45) is 0. The maximum Gasteiger partial charge on any atom is 0.255 e. The predicted octanol–water partition coefficient (Wildman–Crippen LogP) is 1.95. The van der Waals surface area contributed by atoms with Gasteiger partial charge in [-0.1, -0.05) is 6.92 Å². The van der Waals surface area contributed by atoms with Crippen molar-refractivity contribution in [1.29, 1.82) is 0 Å². The molecule has 0 bridgehead atoms. The number of benzene rings is 1. The topological polar surface area (TPSA) is 72.9 Å². The lowest BCUT2D eigenvalue weighted by Crippen LogP contribution is -2.31. The lowest BCUT2D eigenvalue weighted by Gasteiger charge is -2.10. The molecule has 1 unspecified atom stereocenters. The van der Waals surface area contributed by atoms with E-state index < -0.39 is 0 Å². The molecule has 2 rings (SSSR count). The number of amides is 1. The van der Waals surface area contributed by atoms with Gasteiger partial charge in [0.15, 0.2) is 0 Å². The summed E-state index contributed by atoms with van der Waals surface area (Å²) in [5.41, 5.74) is 8.18. The van der Waals surface area contributed by atoms with Gasteiger partial charge in [-0.05, 0) is 50.6 Å². The lowest BCUT2D eigenvalue weighted by molar-refractivity contribution is 0.0947. The van der Waals surface area contributed by atoms with Crippen LogP contribution < -0.4 is 11.1 Å². The number of nitrogens with one attached hydrogen (secondary N) is 1. The second-order valence-electron chi connectivity index (χ2n) is 5.48. The monoisotopic (exact) mass is 304 g/mol. The summed E-state index contributed by atoms with van der Waals surface area (Å²) >= 11 is 0. The smallest absolute Gasteiger partial charge is 0.255 e. The molecule has 22 heavy (non-hydrogen) atoms. The van der Waals surface area contributed by atoms with Crippen LogP contribution in [-0.2, 0) is 0 Å². The van der Waals surface area contributed by atoms with Crippen molar-refractivity contribution >= 4 is 5.91 Å². The van der Waals surface area contributed by atoms with Gasteiger partial charge in [0.1, 0.15) is 5.82 Å². The molecular formula is C16H21FN4O. The minimum absolute atomic E-state index is 0.163. The van der Waals surface area contributed by atoms with E-state index in [9.17, 15) is 9.18 Å². The zero-order valence-corrected chi connectivity index (χ0v) is 13.1. The molecule has 6 heteroatoms. The van der Waals surface area contributed by atoms with Gasteiger partial charge in [0.2, 0.25) is 0 Å². The SMILES string of the molecule is Cc1nn(-c2ccc(F)cc2)c(C)c1C(=O)NCC(C)CN. The van der Waals surface area contributed by atoms with Gasteiger partial charge in [-0.2, -0.15) is 5.10 Å². The van der Waals surface area contributed by atoms with Crippen molar-refractivity contribution in [2.75, 3.05) is 13.1 Å². The fraction of sp³-hybridized carbons (Fsp3) is 0.375. The van der Waals surface area contributed by atoms with Crippen LogP contribution in [0.25, 0.3) is 5.69 Å². The van der Waals surface area contributed by atoms with Crippen molar-refractivity contribution in [1.82, 2.24) is 15.1 Å². The maximum absolute atomic E-state index is 13.0. The average Bonchev–Trinajstić information content (AvgIpc) is 2.80. The third kappa shape index (κ3) is 3.33. The van der Waals surface area contributed by atoms with Gasteiger partial charge < -0.3 is 11.1 Å². The van der Waals surface area contributed by atoms with Crippen LogP contribution in [0.2, 0.25) is 0 Å². The number of halogens is 1. The lowest BCUT2D eigenvalue weighted by atomic mass is 10.1. The number of aryl methyl sites for hydroxylation is 1. The van der Waals surface area contributed by atoms with Crippen molar-refractivity contribution in [3.63, 3.8) is 0 Å². The fourth-order valence-electron chi connectivity index (χ4n) is 2.24. The van der Waals surface area contributed by atoms with E-state index >= 15 is 0 Å². The van der Waals surface area contributed by atoms with Gasteiger partial charge >= 0.3 is 0 Å². The van der Waals surface area contributed by atoms with Crippen LogP contribution in [-0.4, -0.2) is 28.8 Å². The van der Waals surface area contributed by atoms with E-state index in [1.165, 1.54) is 12.1 Å². The molecule has 0 aliphatic heterocycles. The minimum atomic E-state index is -0.306. The van der Waals surface area contributed by atoms with Crippen molar-refractivity contribution in [2.24, 2.45) is 11.7 Å². The van der Waals surface area contributed by atoms with Gasteiger partial charge in [-0.3, -0.25) is 4.79 Å². The molecule has 0 aliphatic carbocycles. The molecule has 1 amide bonds. The Morgan fingerprint density at radius 3 is 2.59 bits per heavy atom. The van der Waals surface area contributed by atoms with Crippen molar-refractivity contribution in [2.45, 2.75) is 20.8 Å². The first-order valence-corrected chi connectivity index (χ1v) is 7.24. The maximum atomic E-state index is 13.0. The molecule has 0 fully saturated rings. The quantitative estimate of drug-likeness (QED) is 0.887. The average molecular weight is 304 g/mol. The van der Waals surface area contributed by atoms with Crippen LogP contribution in [0, 0.1) is 25.6 Å². The number of aromatic nitrogens is 2. The van der Waals surface area contributed by atoms with E-state index in [-0.39, 0.29) is 17.6 Å². The zero-order chi connectivity index (χ0) is 16.3. The van der Waals surface area contributed by atoms with Crippen LogP contribution in [0.4, 0.5) is 4.39 Å². The highest BCUT2D eigenvalue weighted by molar-refractivity contribution is 5.96. The molecule has 2 aromatic rings. The highest BCUT2D eigenvalue weighted by Gasteiger charge is 2.19. The summed E-state index contributed by atoms with van der Waals surface area (Å²) < 4.78 is 14.7. The molecule has 5 nitrogen and oxygen atoms in total. The number of rotatable bonds is 5. The first-order valence-electron chi connectivity index (χ1n) is 7.24. The molecule has 118 valence electrons. The second kappa shape index (κ2) is 6.70. The molecule has 1 heterocycles. The Kier molecular flexibility index (Phi) is 4.92. The molecule has 0 spiro atoms. The van der Waals surface area contributed by atoms with Crippen LogP contribution in [0.5, 0.6) is 0 Å². The molecule has 3 N–H and O–H groups in total. The van der Waals surface area contributed by atoms with E-state index in [1.807, 2.05) is 13.8 Å². The summed E-state index contributed by atoms with van der Waals surface area (Å²) in [6.45, 7) is 6.63. The summed E-state index contributed by atoms with van der Waals surface area (Å²) in [4.78, 5) is 12.3. The van der Waals surface area contributed by atoms with Gasteiger partial charge in [0.25, 0.3) is 5.91 Å². The van der Waals surface area contributed by atoms with Crippen molar-refractivity contribution in [3.8, 4) is 5.69 Å². The Bertz CT molecular complexity index is 664. The number of nitrogens with zero attached hydrogens (tertiary/aromatic N) is 2. The summed E-state index contributed by atoms with van der Waals surface area (Å²) in [5.74, 6) is -0.251. The van der Waals surface area contributed by atoms with Crippen LogP contribution in [0.1, 0.15) is 28.7 Å². The molecule has 0 saturated carbocycles. The second-order valence-corrected chi connectivity index (χ2v) is 5.48. The van der Waals surface area contributed by atoms with Gasteiger partial charge in [-0.15, -0.1) is 0 Å². The number of carbonyl (C=O) groups excluding carboxylic acids is 1. The Hall–Kier alpha value is -2.21. The van der Waals surface area contributed by atoms with E-state index in [0.29, 0.717) is 24.3 Å². The molecule has 1 atom stereocenters. The number of nitrogens with two attached hydrogens (primary N) is 1. The highest BCUT2D eigenvalue weighted by atomic mass is 19.1. The van der Waals surface area contributed by atoms with Crippen LogP contribution >= 0.6 is 0 Å². The Morgan fingerprint density at radius 2 is 2.00 bits per heavy atom. The Labute approximate surface area is 129 Å². The first-order chi connectivity index (χ1) is 10.4. The normalized spacial score (nSPS) is 12.2. The highest BCUT2D eigenvalue weighted by Crippen LogP contribution is 2.18. The Morgan fingerprint density at radius 1 is 1.36 bits per heavy atom. The molecule has 1 aromatic heterocycles. The zero-order valence-electron chi connectivity index (χ0n) is 13.1. The van der Waals surface area contributed by atoms with Crippen molar-refractivity contribution < 1.29 is 9.18 Å². The molecule has 0 aliphatic rings. The first kappa shape index (κ1) is 16.2. The summed E-state index contributed by atoms with van der Waals surface area (Å²) in [7, 11) is 0. The summed E-state index contributed by atoms with van der Waals surface area (Å²) in [6, 6.07) is 6.00. The predicted molar refractivity (Wildman–Crippen MR) is 83.5 cm³/mol. The number of carbonyl (C=O) groups is 1. The van der Waals surface area contributed by atoms with Crippen molar-refractivity contribution in [3.05, 3.63) is 47.0 Å². The van der Waals surface area contributed by atoms with E-state index in [1.54, 1.807) is 23.7 Å². The van der Waals surface area contributed by atoms with Crippen LogP contribution in [0.15, 0.2) is 24.3 Å². The number of hydrogen-bond acceptors (Lipinski definition) is 3. The Balaban J connectivity index is 2.27. The number of hydrogen-bond donors (Lipinski definition) is 2. The van der Waals surface area contributed by atoms with E-state index in [0.717, 1.165) is 11.4 Å². The molecule has 0 saturated heterocycles. The van der Waals surface area contributed by atoms with Gasteiger partial charge in [0, 0.05) is 6.54 Å². The minimum Gasteiger partial charge on any atom is -0.352 e. The largest absolute Gasteiger partial charge is 0.352 e. The third-order valence-corrected chi connectivity index (χ3v) is 3.60. The molecule has 0 radical (unpaired) electrons. The van der Waals surface area contributed by atoms with Gasteiger partial charge in [-0.25, -0.2) is 9.07 Å². The molecule has 1 aromatic carbocycles. The standard InChI is InChI=1S/C16H21FN4O/c1-10(8-18)9-19-16(22)15-11(2)20-21(12(15)3)14-6-4-13(17)5-7-14/h4-7,10H,8-9,18H2,1-3H3,(H,19,22). The van der Waals surface area contributed by atoms with Gasteiger partial charge in [0.05, 0.1) is 22.6 Å². The third-order valence-electron chi connectivity index (χ3n) is 3.60. The van der Waals surface area contributed by atoms with E-state index in [4.69, 9.17) is 5.73 Å². The van der Waals surface area contributed by atoms with E-state index in [2.05, 4.69) is 10.4 Å². The fourth-order valence-corrected chi connectivity index (χ4v) is 2.24.